The van der Waals surface area contributed by atoms with Crippen LogP contribution in [-0.2, 0) is 4.79 Å². The van der Waals surface area contributed by atoms with E-state index in [1.807, 2.05) is 0 Å². The highest BCUT2D eigenvalue weighted by Crippen LogP contribution is 2.49. The Balaban J connectivity index is 2.39. The fourth-order valence-electron chi connectivity index (χ4n) is 2.08. The van der Waals surface area contributed by atoms with Crippen LogP contribution in [0.15, 0.2) is 28.0 Å². The van der Waals surface area contributed by atoms with Crippen LogP contribution in [0.4, 0.5) is 26.3 Å². The van der Waals surface area contributed by atoms with Crippen molar-refractivity contribution in [2.75, 3.05) is 0 Å². The molecule has 2 unspecified atom stereocenters. The van der Waals surface area contributed by atoms with Gasteiger partial charge in [-0.2, -0.15) is 26.3 Å². The van der Waals surface area contributed by atoms with Crippen molar-refractivity contribution in [3.8, 4) is 0 Å². The number of fused-ring (bicyclic) bond motifs is 1. The third kappa shape index (κ3) is 4.03. The van der Waals surface area contributed by atoms with Crippen molar-refractivity contribution >= 4 is 29.5 Å². The molecule has 22 heavy (non-hydrogen) atoms. The normalized spacial score (nSPS) is 22.3. The quantitative estimate of drug-likeness (QED) is 0.600. The minimum Gasteiger partial charge on any atom is -0.481 e. The molecule has 0 aromatic heterocycles. The Labute approximate surface area is 129 Å². The third-order valence-electron chi connectivity index (χ3n) is 2.97. The Kier molecular flexibility index (Phi) is 4.63. The molecule has 2 rings (SSSR count). The van der Waals surface area contributed by atoms with E-state index in [1.165, 1.54) is 0 Å². The Bertz CT molecular complexity index is 584. The van der Waals surface area contributed by atoms with E-state index in [1.54, 1.807) is 0 Å². The van der Waals surface area contributed by atoms with Gasteiger partial charge in [0, 0.05) is 9.79 Å². The summed E-state index contributed by atoms with van der Waals surface area (Å²) in [7, 11) is 0. The molecule has 1 aliphatic heterocycles. The van der Waals surface area contributed by atoms with Crippen molar-refractivity contribution in [2.24, 2.45) is 0 Å². The van der Waals surface area contributed by atoms with Gasteiger partial charge in [0.1, 0.15) is 5.25 Å². The van der Waals surface area contributed by atoms with E-state index in [2.05, 4.69) is 0 Å². The molecule has 0 aliphatic carbocycles. The molecule has 2 atom stereocenters. The molecule has 1 aromatic rings. The van der Waals surface area contributed by atoms with E-state index >= 15 is 0 Å². The maximum absolute atomic E-state index is 12.8. The fraction of sp³-hybridized carbons (Fsp3) is 0.417. The lowest BCUT2D eigenvalue weighted by Gasteiger charge is -2.30. The first kappa shape index (κ1) is 17.3. The van der Waals surface area contributed by atoms with Crippen molar-refractivity contribution in [3.05, 3.63) is 23.8 Å². The maximum atomic E-state index is 12.8. The summed E-state index contributed by atoms with van der Waals surface area (Å²) in [6.07, 6.45) is -5.27. The van der Waals surface area contributed by atoms with Gasteiger partial charge in [-0.05, 0) is 41.9 Å². The van der Waals surface area contributed by atoms with E-state index in [0.29, 0.717) is 11.8 Å². The number of alkyl halides is 6. The molecule has 0 amide bonds. The zero-order chi connectivity index (χ0) is 16.7. The van der Waals surface area contributed by atoms with Crippen LogP contribution >= 0.6 is 23.5 Å². The summed E-state index contributed by atoms with van der Waals surface area (Å²) >= 11 is 0.00218. The number of carbonyl (C=O) groups is 1. The van der Waals surface area contributed by atoms with Gasteiger partial charge in [0.05, 0.1) is 5.92 Å². The number of hydrogen-bond acceptors (Lipinski definition) is 3. The summed E-state index contributed by atoms with van der Waals surface area (Å²) < 4.78 is 75.4. The van der Waals surface area contributed by atoms with Gasteiger partial charge in [-0.25, -0.2) is 0 Å². The highest BCUT2D eigenvalue weighted by molar-refractivity contribution is 8.00. The molecule has 0 bridgehead atoms. The van der Waals surface area contributed by atoms with E-state index < -0.39 is 47.0 Å². The summed E-state index contributed by atoms with van der Waals surface area (Å²) in [5, 5.41) is 7.20. The highest BCUT2D eigenvalue weighted by Gasteiger charge is 2.46. The zero-order valence-electron chi connectivity index (χ0n) is 10.5. The van der Waals surface area contributed by atoms with E-state index in [0.717, 1.165) is 18.2 Å². The molecule has 0 saturated carbocycles. The second kappa shape index (κ2) is 5.88. The Hall–Kier alpha value is -1.03. The van der Waals surface area contributed by atoms with Crippen molar-refractivity contribution in [3.63, 3.8) is 0 Å². The van der Waals surface area contributed by atoms with Gasteiger partial charge < -0.3 is 5.11 Å². The van der Waals surface area contributed by atoms with Crippen LogP contribution in [0.5, 0.6) is 0 Å². The van der Waals surface area contributed by atoms with Gasteiger partial charge in [0.2, 0.25) is 0 Å². The zero-order valence-corrected chi connectivity index (χ0v) is 12.2. The highest BCUT2D eigenvalue weighted by atomic mass is 32.2. The Morgan fingerprint density at radius 2 is 1.86 bits per heavy atom. The van der Waals surface area contributed by atoms with Crippen LogP contribution in [0.1, 0.15) is 17.9 Å². The summed E-state index contributed by atoms with van der Waals surface area (Å²) in [4.78, 5) is 11.0. The van der Waals surface area contributed by atoms with Crippen molar-refractivity contribution in [1.29, 1.82) is 0 Å². The van der Waals surface area contributed by atoms with Crippen LogP contribution < -0.4 is 0 Å². The molecule has 0 saturated heterocycles. The second-order valence-corrected chi connectivity index (χ2v) is 6.91. The molecule has 1 aromatic carbocycles. The average Bonchev–Trinajstić information content (AvgIpc) is 2.34. The number of rotatable bonds is 2. The SMILES string of the molecule is O=C(O)C1CC(C(F)(F)F)Sc2ccc(SC(F)(F)F)cc21. The number of aliphatic carboxylic acids is 1. The maximum Gasteiger partial charge on any atom is 0.446 e. The lowest BCUT2D eigenvalue weighted by molar-refractivity contribution is -0.143. The first-order valence-electron chi connectivity index (χ1n) is 5.83. The van der Waals surface area contributed by atoms with Crippen LogP contribution in [0.3, 0.4) is 0 Å². The lowest BCUT2D eigenvalue weighted by Crippen LogP contribution is -2.32. The Morgan fingerprint density at radius 3 is 2.36 bits per heavy atom. The fourth-order valence-corrected chi connectivity index (χ4v) is 3.88. The summed E-state index contributed by atoms with van der Waals surface area (Å²) in [5.74, 6) is -2.96. The summed E-state index contributed by atoms with van der Waals surface area (Å²) in [6, 6.07) is 3.16. The van der Waals surface area contributed by atoms with Gasteiger partial charge >= 0.3 is 17.7 Å². The standard InChI is InChI=1S/C12H8F6O2S2/c13-11(14,15)9-4-7(10(19)20)6-3-5(22-12(16,17)18)1-2-8(6)21-9/h1-3,7,9H,4H2,(H,19,20). The molecule has 1 N–H and O–H groups in total. The molecule has 0 radical (unpaired) electrons. The first-order valence-corrected chi connectivity index (χ1v) is 7.53. The smallest absolute Gasteiger partial charge is 0.446 e. The molecule has 122 valence electrons. The van der Waals surface area contributed by atoms with Crippen molar-refractivity contribution in [2.45, 2.75) is 39.1 Å². The largest absolute Gasteiger partial charge is 0.481 e. The van der Waals surface area contributed by atoms with Gasteiger partial charge in [0.15, 0.2) is 0 Å². The number of halogens is 6. The monoisotopic (exact) mass is 362 g/mol. The number of benzene rings is 1. The Morgan fingerprint density at radius 1 is 1.23 bits per heavy atom. The van der Waals surface area contributed by atoms with E-state index in [9.17, 15) is 31.1 Å². The lowest BCUT2D eigenvalue weighted by atomic mass is 9.93. The number of carboxylic acids is 1. The second-order valence-electron chi connectivity index (χ2n) is 4.52. The van der Waals surface area contributed by atoms with Gasteiger partial charge in [-0.1, -0.05) is 0 Å². The molecule has 1 heterocycles. The molecule has 2 nitrogen and oxygen atoms in total. The predicted molar refractivity (Wildman–Crippen MR) is 69.0 cm³/mol. The average molecular weight is 362 g/mol. The van der Waals surface area contributed by atoms with E-state index in [-0.39, 0.29) is 15.4 Å². The van der Waals surface area contributed by atoms with Crippen LogP contribution in [0.2, 0.25) is 0 Å². The summed E-state index contributed by atoms with van der Waals surface area (Å²) in [5.41, 5.74) is -4.56. The van der Waals surface area contributed by atoms with Gasteiger partial charge in [0.25, 0.3) is 0 Å². The van der Waals surface area contributed by atoms with Crippen molar-refractivity contribution < 1.29 is 36.2 Å². The van der Waals surface area contributed by atoms with Crippen LogP contribution in [-0.4, -0.2) is 28.0 Å². The predicted octanol–water partition coefficient (Wildman–Crippen LogP) is 4.89. The molecular formula is C12H8F6O2S2. The van der Waals surface area contributed by atoms with Crippen molar-refractivity contribution in [1.82, 2.24) is 0 Å². The van der Waals surface area contributed by atoms with Gasteiger partial charge in [-0.15, -0.1) is 11.8 Å². The minimum atomic E-state index is -4.57. The number of thioether (sulfide) groups is 2. The topological polar surface area (TPSA) is 37.3 Å². The molecule has 1 aliphatic rings. The molecular weight excluding hydrogens is 354 g/mol. The van der Waals surface area contributed by atoms with Crippen LogP contribution in [0, 0.1) is 0 Å². The summed E-state index contributed by atoms with van der Waals surface area (Å²) in [6.45, 7) is 0. The molecule has 0 spiro atoms. The first-order chi connectivity index (χ1) is 9.97. The van der Waals surface area contributed by atoms with Gasteiger partial charge in [-0.3, -0.25) is 4.79 Å². The number of hydrogen-bond donors (Lipinski definition) is 1. The molecule has 0 fully saturated rings. The number of carboxylic acid groups (broad SMARTS) is 1. The third-order valence-corrected chi connectivity index (χ3v) is 5.06. The van der Waals surface area contributed by atoms with E-state index in [4.69, 9.17) is 5.11 Å². The van der Waals surface area contributed by atoms with Crippen LogP contribution in [0.25, 0.3) is 0 Å². The minimum absolute atomic E-state index is 0.00718. The molecule has 10 heteroatoms.